The van der Waals surface area contributed by atoms with Crippen LogP contribution in [0.15, 0.2) is 4.99 Å². The maximum atomic E-state index is 4.50. The maximum absolute atomic E-state index is 4.50. The molecule has 5 heterocycles. The number of amidine groups is 1. The molecule has 5 aliphatic heterocycles. The second-order valence-corrected chi connectivity index (χ2v) is 3.64. The van der Waals surface area contributed by atoms with E-state index in [0.29, 0.717) is 12.3 Å². The van der Waals surface area contributed by atoms with Gasteiger partial charge in [0.1, 0.15) is 24.3 Å². The Kier molecular flexibility index (Phi) is 0.805. The number of hydrogen-bond donors (Lipinski definition) is 5. The van der Waals surface area contributed by atoms with Crippen molar-refractivity contribution < 1.29 is 0 Å². The van der Waals surface area contributed by atoms with Crippen LogP contribution in [0.2, 0.25) is 0 Å². The molecular weight excluding hydrogens is 156 g/mol. The van der Waals surface area contributed by atoms with E-state index in [-0.39, 0.29) is 18.5 Å². The Bertz CT molecular complexity index is 275. The van der Waals surface area contributed by atoms with E-state index in [2.05, 4.69) is 31.6 Å². The van der Waals surface area contributed by atoms with Gasteiger partial charge in [-0.2, -0.15) is 0 Å². The molecule has 0 aromatic rings. The molecule has 12 heavy (non-hydrogen) atoms. The molecule has 3 fully saturated rings. The summed E-state index contributed by atoms with van der Waals surface area (Å²) < 4.78 is 0. The first kappa shape index (κ1) is 5.87. The molecule has 5 N–H and O–H groups in total. The van der Waals surface area contributed by atoms with Gasteiger partial charge in [0.2, 0.25) is 0 Å². The Morgan fingerprint density at radius 3 is 2.67 bits per heavy atom. The standard InChI is InChI=1S/C6H10N6/c7-1-2-8-5(7)6-9-3(11-1)4(10-6)12-2/h1-5,7-8,11-12H,(H,9,10). The average Bonchev–Trinajstić information content (AvgIpc) is 2.48. The van der Waals surface area contributed by atoms with Crippen LogP contribution >= 0.6 is 0 Å². The zero-order valence-corrected chi connectivity index (χ0v) is 6.33. The summed E-state index contributed by atoms with van der Waals surface area (Å²) in [5.41, 5.74) is 0. The molecule has 6 bridgehead atoms. The molecule has 0 radical (unpaired) electrons. The van der Waals surface area contributed by atoms with Crippen LogP contribution in [0.25, 0.3) is 0 Å². The van der Waals surface area contributed by atoms with E-state index >= 15 is 0 Å². The Hall–Kier alpha value is -0.690. The first-order chi connectivity index (χ1) is 5.90. The van der Waals surface area contributed by atoms with E-state index in [4.69, 9.17) is 0 Å². The molecule has 0 aromatic heterocycles. The van der Waals surface area contributed by atoms with Crippen LogP contribution in [0, 0.1) is 0 Å². The normalized spacial score (nSPS) is 58.7. The second kappa shape index (κ2) is 1.64. The summed E-state index contributed by atoms with van der Waals surface area (Å²) in [5.74, 6) is 1.03. The Morgan fingerprint density at radius 2 is 1.75 bits per heavy atom. The lowest BCUT2D eigenvalue weighted by Gasteiger charge is -2.35. The van der Waals surface area contributed by atoms with Crippen molar-refractivity contribution in [2.75, 3.05) is 0 Å². The number of rotatable bonds is 0. The lowest BCUT2D eigenvalue weighted by molar-refractivity contribution is 0.214. The van der Waals surface area contributed by atoms with Crippen LogP contribution in [0.4, 0.5) is 0 Å². The van der Waals surface area contributed by atoms with Crippen molar-refractivity contribution in [2.45, 2.75) is 30.8 Å². The Morgan fingerprint density at radius 1 is 0.917 bits per heavy atom. The second-order valence-electron chi connectivity index (χ2n) is 3.64. The first-order valence-corrected chi connectivity index (χ1v) is 4.29. The van der Waals surface area contributed by atoms with Gasteiger partial charge in [-0.3, -0.25) is 21.3 Å². The smallest absolute Gasteiger partial charge is 0.137 e. The highest BCUT2D eigenvalue weighted by Gasteiger charge is 2.50. The van der Waals surface area contributed by atoms with Crippen LogP contribution in [-0.4, -0.2) is 36.7 Å². The third-order valence-electron chi connectivity index (χ3n) is 2.91. The predicted octanol–water partition coefficient (Wildman–Crippen LogP) is -2.98. The molecule has 6 heteroatoms. The summed E-state index contributed by atoms with van der Waals surface area (Å²) in [6, 6.07) is 0. The third-order valence-corrected chi connectivity index (χ3v) is 2.91. The molecule has 0 spiro atoms. The summed E-state index contributed by atoms with van der Waals surface area (Å²) in [5, 5.41) is 17.0. The van der Waals surface area contributed by atoms with Gasteiger partial charge in [0.15, 0.2) is 0 Å². The van der Waals surface area contributed by atoms with Crippen LogP contribution < -0.4 is 26.6 Å². The van der Waals surface area contributed by atoms with Crippen molar-refractivity contribution in [3.8, 4) is 0 Å². The monoisotopic (exact) mass is 166 g/mol. The van der Waals surface area contributed by atoms with Crippen molar-refractivity contribution in [3.63, 3.8) is 0 Å². The SMILES string of the molecule is N1=C2NC3NC4NC2NC4NC13. The Labute approximate surface area is 69.2 Å². The predicted molar refractivity (Wildman–Crippen MR) is 42.1 cm³/mol. The summed E-state index contributed by atoms with van der Waals surface area (Å²) >= 11 is 0. The van der Waals surface area contributed by atoms with Crippen molar-refractivity contribution in [3.05, 3.63) is 0 Å². The molecule has 0 amide bonds. The highest BCUT2D eigenvalue weighted by Crippen LogP contribution is 2.19. The number of nitrogens with zero attached hydrogens (tertiary/aromatic N) is 1. The summed E-state index contributed by atoms with van der Waals surface area (Å²) in [7, 11) is 0. The molecular formula is C6H10N6. The lowest BCUT2D eigenvalue weighted by atomic mass is 10.2. The summed E-state index contributed by atoms with van der Waals surface area (Å²) in [6.07, 6.45) is 1.34. The summed E-state index contributed by atoms with van der Waals surface area (Å²) in [6.45, 7) is 0. The lowest BCUT2D eigenvalue weighted by Crippen LogP contribution is -2.70. The highest BCUT2D eigenvalue weighted by molar-refractivity contribution is 5.90. The van der Waals surface area contributed by atoms with E-state index in [1.54, 1.807) is 0 Å². The van der Waals surface area contributed by atoms with E-state index in [0.717, 1.165) is 5.84 Å². The number of piperazine rings is 1. The third kappa shape index (κ3) is 0.516. The van der Waals surface area contributed by atoms with Crippen molar-refractivity contribution >= 4 is 5.84 Å². The molecule has 64 valence electrons. The molecule has 5 aliphatic rings. The van der Waals surface area contributed by atoms with Crippen molar-refractivity contribution in [1.29, 1.82) is 0 Å². The fourth-order valence-corrected chi connectivity index (χ4v) is 2.35. The fourth-order valence-electron chi connectivity index (χ4n) is 2.35. The summed E-state index contributed by atoms with van der Waals surface area (Å²) in [4.78, 5) is 4.50. The van der Waals surface area contributed by atoms with Gasteiger partial charge in [-0.25, -0.2) is 4.99 Å². The van der Waals surface area contributed by atoms with Gasteiger partial charge >= 0.3 is 0 Å². The van der Waals surface area contributed by atoms with Gasteiger partial charge in [0.25, 0.3) is 0 Å². The maximum Gasteiger partial charge on any atom is 0.137 e. The van der Waals surface area contributed by atoms with Crippen molar-refractivity contribution in [2.24, 2.45) is 4.99 Å². The van der Waals surface area contributed by atoms with E-state index in [1.165, 1.54) is 0 Å². The molecule has 0 aliphatic carbocycles. The Balaban J connectivity index is 1.91. The average molecular weight is 166 g/mol. The van der Waals surface area contributed by atoms with Crippen LogP contribution in [0.5, 0.6) is 0 Å². The van der Waals surface area contributed by atoms with Gasteiger partial charge in [0, 0.05) is 0 Å². The van der Waals surface area contributed by atoms with E-state index < -0.39 is 0 Å². The highest BCUT2D eigenvalue weighted by atomic mass is 15.5. The molecule has 5 atom stereocenters. The minimum absolute atomic E-state index is 0.206. The quantitative estimate of drug-likeness (QED) is 0.265. The zero-order chi connectivity index (χ0) is 7.71. The van der Waals surface area contributed by atoms with E-state index in [9.17, 15) is 0 Å². The van der Waals surface area contributed by atoms with E-state index in [1.807, 2.05) is 0 Å². The molecule has 0 aromatic carbocycles. The van der Waals surface area contributed by atoms with Crippen LogP contribution in [-0.2, 0) is 0 Å². The largest absolute Gasteiger partial charge is 0.353 e. The number of nitrogens with one attached hydrogen (secondary N) is 5. The van der Waals surface area contributed by atoms with Gasteiger partial charge in [-0.1, -0.05) is 0 Å². The molecule has 3 saturated heterocycles. The molecule has 0 saturated carbocycles. The zero-order valence-electron chi connectivity index (χ0n) is 6.33. The first-order valence-electron chi connectivity index (χ1n) is 4.29. The molecule has 5 unspecified atom stereocenters. The molecule has 5 rings (SSSR count). The topological polar surface area (TPSA) is 72.5 Å². The fraction of sp³-hybridized carbons (Fsp3) is 0.833. The number of aliphatic imine (C=N–C) groups is 1. The van der Waals surface area contributed by atoms with Crippen molar-refractivity contribution in [1.82, 2.24) is 26.6 Å². The van der Waals surface area contributed by atoms with Crippen LogP contribution in [0.1, 0.15) is 0 Å². The van der Waals surface area contributed by atoms with Gasteiger partial charge in [-0.15, -0.1) is 0 Å². The minimum Gasteiger partial charge on any atom is -0.353 e. The number of hydrogen-bond acceptors (Lipinski definition) is 6. The van der Waals surface area contributed by atoms with Crippen LogP contribution in [0.3, 0.4) is 0 Å². The molecule has 6 nitrogen and oxygen atoms in total. The van der Waals surface area contributed by atoms with Gasteiger partial charge < -0.3 is 5.32 Å². The van der Waals surface area contributed by atoms with Gasteiger partial charge in [0.05, 0.1) is 12.3 Å². The minimum atomic E-state index is 0.206. The van der Waals surface area contributed by atoms with Gasteiger partial charge in [-0.05, 0) is 0 Å².